The molecule has 0 unspecified atom stereocenters. The van der Waals surface area contributed by atoms with E-state index in [4.69, 9.17) is 23.2 Å². The van der Waals surface area contributed by atoms with E-state index in [2.05, 4.69) is 15.5 Å². The van der Waals surface area contributed by atoms with Gasteiger partial charge in [0.15, 0.2) is 5.82 Å². The summed E-state index contributed by atoms with van der Waals surface area (Å²) in [6.45, 7) is 0. The maximum atomic E-state index is 5.94. The summed E-state index contributed by atoms with van der Waals surface area (Å²) in [6, 6.07) is 1.65. The molecule has 0 aromatic carbocycles. The number of pyridine rings is 1. The Morgan fingerprint density at radius 1 is 1.27 bits per heavy atom. The molecule has 15 heavy (non-hydrogen) atoms. The maximum absolute atomic E-state index is 5.94. The minimum atomic E-state index is 0.491. The van der Waals surface area contributed by atoms with Crippen LogP contribution in [0.5, 0.6) is 0 Å². The number of aromatic nitrogens is 1. The Balaban J connectivity index is 2.07. The molecular weight excluding hydrogens is 233 g/mol. The lowest BCUT2D eigenvalue weighted by Gasteiger charge is -2.03. The largest absolute Gasteiger partial charge is 0.260 e. The SMILES string of the molecule is Clc1cnc(NN=C2CCCC2)c(Cl)c1. The van der Waals surface area contributed by atoms with Crippen LogP contribution in [0.2, 0.25) is 10.0 Å². The molecule has 0 amide bonds. The van der Waals surface area contributed by atoms with Crippen LogP contribution in [0.1, 0.15) is 25.7 Å². The molecule has 1 aliphatic carbocycles. The van der Waals surface area contributed by atoms with Gasteiger partial charge >= 0.3 is 0 Å². The van der Waals surface area contributed by atoms with Crippen LogP contribution in [-0.4, -0.2) is 10.7 Å². The molecule has 1 saturated carbocycles. The second-order valence-corrected chi connectivity index (χ2v) is 4.32. The van der Waals surface area contributed by atoms with Gasteiger partial charge in [0.25, 0.3) is 0 Å². The normalized spacial score (nSPS) is 15.5. The molecular formula is C10H11Cl2N3. The fourth-order valence-electron chi connectivity index (χ4n) is 1.52. The van der Waals surface area contributed by atoms with Crippen LogP contribution in [0.4, 0.5) is 5.82 Å². The zero-order chi connectivity index (χ0) is 10.7. The van der Waals surface area contributed by atoms with Gasteiger partial charge in [0, 0.05) is 11.9 Å². The van der Waals surface area contributed by atoms with Crippen molar-refractivity contribution in [1.82, 2.24) is 4.98 Å². The van der Waals surface area contributed by atoms with Gasteiger partial charge in [-0.15, -0.1) is 0 Å². The first kappa shape index (κ1) is 10.7. The molecule has 1 N–H and O–H groups in total. The molecule has 0 spiro atoms. The minimum Gasteiger partial charge on any atom is -0.260 e. The molecule has 80 valence electrons. The molecule has 0 aliphatic heterocycles. The zero-order valence-corrected chi connectivity index (χ0v) is 9.65. The van der Waals surface area contributed by atoms with Crippen molar-refractivity contribution in [3.8, 4) is 0 Å². The van der Waals surface area contributed by atoms with E-state index in [0.717, 1.165) is 12.8 Å². The molecule has 3 nitrogen and oxygen atoms in total. The Hall–Kier alpha value is -0.800. The third kappa shape index (κ3) is 2.83. The van der Waals surface area contributed by atoms with Gasteiger partial charge in [-0.2, -0.15) is 5.10 Å². The number of hydrazone groups is 1. The maximum Gasteiger partial charge on any atom is 0.165 e. The van der Waals surface area contributed by atoms with Crippen LogP contribution in [0.3, 0.4) is 0 Å². The molecule has 1 aromatic rings. The summed E-state index contributed by atoms with van der Waals surface area (Å²) in [4.78, 5) is 4.06. The van der Waals surface area contributed by atoms with Crippen molar-refractivity contribution < 1.29 is 0 Å². The highest BCUT2D eigenvalue weighted by Crippen LogP contribution is 2.23. The highest BCUT2D eigenvalue weighted by Gasteiger charge is 2.08. The predicted molar refractivity (Wildman–Crippen MR) is 63.8 cm³/mol. The number of nitrogens with zero attached hydrogens (tertiary/aromatic N) is 2. The lowest BCUT2D eigenvalue weighted by molar-refractivity contribution is 0.886. The molecule has 1 aromatic heterocycles. The topological polar surface area (TPSA) is 37.3 Å². The van der Waals surface area contributed by atoms with Crippen molar-refractivity contribution in [2.24, 2.45) is 5.10 Å². The van der Waals surface area contributed by atoms with Crippen molar-refractivity contribution in [2.75, 3.05) is 5.43 Å². The van der Waals surface area contributed by atoms with Crippen molar-refractivity contribution >= 4 is 34.7 Å². The number of hydrogen-bond donors (Lipinski definition) is 1. The Kier molecular flexibility index (Phi) is 3.44. The summed E-state index contributed by atoms with van der Waals surface area (Å²) in [5, 5.41) is 5.28. The standard InChI is InChI=1S/C10H11Cl2N3/c11-7-5-9(12)10(13-6-7)15-14-8-3-1-2-4-8/h5-6H,1-4H2,(H,13,15). The molecule has 1 fully saturated rings. The first-order chi connectivity index (χ1) is 7.25. The second-order valence-electron chi connectivity index (χ2n) is 3.48. The fraction of sp³-hybridized carbons (Fsp3) is 0.400. The van der Waals surface area contributed by atoms with Crippen molar-refractivity contribution in [1.29, 1.82) is 0 Å². The summed E-state index contributed by atoms with van der Waals surface area (Å²) < 4.78 is 0. The van der Waals surface area contributed by atoms with Gasteiger partial charge in [0.05, 0.1) is 10.0 Å². The van der Waals surface area contributed by atoms with Crippen molar-refractivity contribution in [2.45, 2.75) is 25.7 Å². The Morgan fingerprint density at radius 2 is 2.00 bits per heavy atom. The molecule has 1 aliphatic rings. The number of nitrogens with one attached hydrogen (secondary N) is 1. The number of hydrogen-bond acceptors (Lipinski definition) is 3. The van der Waals surface area contributed by atoms with E-state index in [1.165, 1.54) is 18.6 Å². The average Bonchev–Trinajstić information content (AvgIpc) is 2.69. The second kappa shape index (κ2) is 4.81. The van der Waals surface area contributed by atoms with E-state index in [1.807, 2.05) is 0 Å². The molecule has 0 saturated heterocycles. The summed E-state index contributed by atoms with van der Waals surface area (Å²) in [5.41, 5.74) is 4.05. The van der Waals surface area contributed by atoms with Crippen LogP contribution in [0.15, 0.2) is 17.4 Å². The third-order valence-corrected chi connectivity index (χ3v) is 2.80. The van der Waals surface area contributed by atoms with E-state index in [-0.39, 0.29) is 0 Å². The molecule has 5 heteroatoms. The van der Waals surface area contributed by atoms with E-state index >= 15 is 0 Å². The lowest BCUT2D eigenvalue weighted by atomic mass is 10.3. The van der Waals surface area contributed by atoms with Gasteiger partial charge in [-0.3, -0.25) is 5.43 Å². The third-order valence-electron chi connectivity index (χ3n) is 2.31. The summed E-state index contributed by atoms with van der Waals surface area (Å²) in [7, 11) is 0. The van der Waals surface area contributed by atoms with Gasteiger partial charge in [0.2, 0.25) is 0 Å². The summed E-state index contributed by atoms with van der Waals surface area (Å²) in [6.07, 6.45) is 6.13. The van der Waals surface area contributed by atoms with Crippen LogP contribution in [0, 0.1) is 0 Å². The molecule has 0 bridgehead atoms. The highest BCUT2D eigenvalue weighted by atomic mass is 35.5. The fourth-order valence-corrected chi connectivity index (χ4v) is 1.95. The monoisotopic (exact) mass is 243 g/mol. The summed E-state index contributed by atoms with van der Waals surface area (Å²) in [5.74, 6) is 0.556. The minimum absolute atomic E-state index is 0.491. The van der Waals surface area contributed by atoms with Crippen LogP contribution in [0.25, 0.3) is 0 Å². The van der Waals surface area contributed by atoms with E-state index in [1.54, 1.807) is 12.3 Å². The lowest BCUT2D eigenvalue weighted by Crippen LogP contribution is -1.98. The number of anilines is 1. The van der Waals surface area contributed by atoms with E-state index < -0.39 is 0 Å². The highest BCUT2D eigenvalue weighted by molar-refractivity contribution is 6.35. The Bertz CT molecular complexity index is 382. The van der Waals surface area contributed by atoms with Gasteiger partial charge < -0.3 is 0 Å². The van der Waals surface area contributed by atoms with E-state index in [9.17, 15) is 0 Å². The van der Waals surface area contributed by atoms with Gasteiger partial charge in [0.1, 0.15) is 0 Å². The average molecular weight is 244 g/mol. The van der Waals surface area contributed by atoms with Gasteiger partial charge in [-0.05, 0) is 31.7 Å². The number of halogens is 2. The predicted octanol–water partition coefficient (Wildman–Crippen LogP) is 3.73. The molecule has 0 radical (unpaired) electrons. The first-order valence-electron chi connectivity index (χ1n) is 4.88. The Labute approximate surface area is 98.5 Å². The van der Waals surface area contributed by atoms with Gasteiger partial charge in [-0.25, -0.2) is 4.98 Å². The van der Waals surface area contributed by atoms with Gasteiger partial charge in [-0.1, -0.05) is 23.2 Å². The van der Waals surface area contributed by atoms with Crippen molar-refractivity contribution in [3.63, 3.8) is 0 Å². The van der Waals surface area contributed by atoms with Crippen molar-refractivity contribution in [3.05, 3.63) is 22.3 Å². The van der Waals surface area contributed by atoms with Crippen LogP contribution >= 0.6 is 23.2 Å². The Morgan fingerprint density at radius 3 is 2.67 bits per heavy atom. The quantitative estimate of drug-likeness (QED) is 0.805. The van der Waals surface area contributed by atoms with Crippen LogP contribution < -0.4 is 5.43 Å². The van der Waals surface area contributed by atoms with E-state index in [0.29, 0.717) is 15.9 Å². The molecule has 1 heterocycles. The first-order valence-corrected chi connectivity index (χ1v) is 5.64. The summed E-state index contributed by atoms with van der Waals surface area (Å²) >= 11 is 11.7. The zero-order valence-electron chi connectivity index (χ0n) is 8.13. The molecule has 2 rings (SSSR count). The molecule has 0 atom stereocenters. The number of rotatable bonds is 2. The van der Waals surface area contributed by atoms with Crippen LogP contribution in [-0.2, 0) is 0 Å². The smallest absolute Gasteiger partial charge is 0.165 e.